The van der Waals surface area contributed by atoms with Gasteiger partial charge in [0.1, 0.15) is 4.21 Å². The van der Waals surface area contributed by atoms with Crippen LogP contribution >= 0.6 is 11.3 Å². The third-order valence-electron chi connectivity index (χ3n) is 6.68. The molecule has 194 valence electrons. The van der Waals surface area contributed by atoms with Crippen molar-refractivity contribution in [3.05, 3.63) is 47.3 Å². The van der Waals surface area contributed by atoms with E-state index in [9.17, 15) is 26.7 Å². The molecule has 7 nitrogen and oxygen atoms in total. The smallest absolute Gasteiger partial charge is 0.380 e. The predicted octanol–water partition coefficient (Wildman–Crippen LogP) is 3.02. The van der Waals surface area contributed by atoms with Gasteiger partial charge < -0.3 is 20.1 Å². The minimum Gasteiger partial charge on any atom is -0.380 e. The summed E-state index contributed by atoms with van der Waals surface area (Å²) in [5.41, 5.74) is -2.50. The van der Waals surface area contributed by atoms with E-state index in [-0.39, 0.29) is 34.3 Å². The molecule has 0 spiro atoms. The maximum Gasteiger partial charge on any atom is 0.421 e. The molecule has 2 aliphatic rings. The number of nitrogens with zero attached hydrogens (tertiary/aromatic N) is 2. The van der Waals surface area contributed by atoms with E-state index < -0.39 is 21.8 Å². The third-order valence-corrected chi connectivity index (χ3v) is 9.92. The van der Waals surface area contributed by atoms with Gasteiger partial charge in [-0.05, 0) is 36.1 Å². The van der Waals surface area contributed by atoms with Crippen LogP contribution in [0.15, 0.2) is 46.0 Å². The average Bonchev–Trinajstić information content (AvgIpc) is 3.33. The Hall–Kier alpha value is -1.70. The Balaban J connectivity index is 1.54. The second-order valence-electron chi connectivity index (χ2n) is 9.69. The zero-order valence-corrected chi connectivity index (χ0v) is 21.2. The fourth-order valence-electron chi connectivity index (χ4n) is 4.33. The molecule has 0 saturated carbocycles. The molecular formula is C23H30F3N3O4S2. The van der Waals surface area contributed by atoms with Gasteiger partial charge >= 0.3 is 6.18 Å². The quantitative estimate of drug-likeness (QED) is 0.543. The van der Waals surface area contributed by atoms with Crippen molar-refractivity contribution >= 4 is 27.0 Å². The van der Waals surface area contributed by atoms with Crippen LogP contribution in [0.5, 0.6) is 0 Å². The van der Waals surface area contributed by atoms with Gasteiger partial charge in [0.15, 0.2) is 5.60 Å². The first-order valence-corrected chi connectivity index (χ1v) is 13.6. The lowest BCUT2D eigenvalue weighted by Crippen LogP contribution is -2.59. The molecule has 1 aromatic heterocycles. The summed E-state index contributed by atoms with van der Waals surface area (Å²) in [6.45, 7) is 6.24. The SMILES string of the molecule is CC1(CNC[C@H]2CN(S(=O)(=O)c3cccs3)CCN2c2ccc([C@@](C)(O)C(F)(F)F)cc2)COC1. The number of halogens is 3. The molecule has 0 unspecified atom stereocenters. The Morgan fingerprint density at radius 3 is 2.43 bits per heavy atom. The van der Waals surface area contributed by atoms with E-state index in [1.807, 2.05) is 4.90 Å². The summed E-state index contributed by atoms with van der Waals surface area (Å²) in [5.74, 6) is 0. The molecule has 35 heavy (non-hydrogen) atoms. The minimum atomic E-state index is -4.80. The first-order chi connectivity index (χ1) is 16.3. The fraction of sp³-hybridized carbons (Fsp3) is 0.565. The van der Waals surface area contributed by atoms with Crippen molar-refractivity contribution in [2.75, 3.05) is 50.8 Å². The number of piperazine rings is 1. The van der Waals surface area contributed by atoms with Crippen LogP contribution in [0.2, 0.25) is 0 Å². The highest BCUT2D eigenvalue weighted by molar-refractivity contribution is 7.91. The number of rotatable bonds is 8. The van der Waals surface area contributed by atoms with Crippen LogP contribution in [0, 0.1) is 5.41 Å². The largest absolute Gasteiger partial charge is 0.421 e. The molecule has 0 bridgehead atoms. The van der Waals surface area contributed by atoms with Crippen LogP contribution in [0.3, 0.4) is 0 Å². The summed E-state index contributed by atoms with van der Waals surface area (Å²) in [4.78, 5) is 2.01. The molecular weight excluding hydrogens is 503 g/mol. The van der Waals surface area contributed by atoms with Gasteiger partial charge in [0.25, 0.3) is 10.0 Å². The molecule has 2 N–H and O–H groups in total. The van der Waals surface area contributed by atoms with Crippen LogP contribution in [0.1, 0.15) is 19.4 Å². The van der Waals surface area contributed by atoms with Gasteiger partial charge in [0, 0.05) is 43.8 Å². The van der Waals surface area contributed by atoms with Crippen molar-refractivity contribution in [3.8, 4) is 0 Å². The fourth-order valence-corrected chi connectivity index (χ4v) is 6.94. The molecule has 2 aromatic rings. The van der Waals surface area contributed by atoms with E-state index in [0.29, 0.717) is 38.5 Å². The van der Waals surface area contributed by atoms with E-state index in [2.05, 4.69) is 12.2 Å². The van der Waals surface area contributed by atoms with Gasteiger partial charge in [-0.1, -0.05) is 25.1 Å². The molecule has 2 atom stereocenters. The number of anilines is 1. The van der Waals surface area contributed by atoms with Crippen molar-refractivity contribution in [1.29, 1.82) is 0 Å². The minimum absolute atomic E-state index is 0.0348. The second-order valence-corrected chi connectivity index (χ2v) is 12.8. The van der Waals surface area contributed by atoms with E-state index in [1.165, 1.54) is 27.8 Å². The van der Waals surface area contributed by atoms with Gasteiger partial charge in [-0.2, -0.15) is 17.5 Å². The highest BCUT2D eigenvalue weighted by Crippen LogP contribution is 2.39. The van der Waals surface area contributed by atoms with Crippen LogP contribution < -0.4 is 10.2 Å². The molecule has 4 rings (SSSR count). The van der Waals surface area contributed by atoms with Gasteiger partial charge in [-0.15, -0.1) is 11.3 Å². The van der Waals surface area contributed by atoms with E-state index in [4.69, 9.17) is 4.74 Å². The van der Waals surface area contributed by atoms with Crippen LogP contribution in [-0.4, -0.2) is 76.0 Å². The molecule has 12 heteroatoms. The Morgan fingerprint density at radius 1 is 1.20 bits per heavy atom. The predicted molar refractivity (Wildman–Crippen MR) is 128 cm³/mol. The van der Waals surface area contributed by atoms with Crippen LogP contribution in [0.4, 0.5) is 18.9 Å². The summed E-state index contributed by atoms with van der Waals surface area (Å²) in [6, 6.07) is 8.69. The highest BCUT2D eigenvalue weighted by atomic mass is 32.2. The molecule has 2 fully saturated rings. The summed E-state index contributed by atoms with van der Waals surface area (Å²) in [5, 5.41) is 15.1. The average molecular weight is 534 g/mol. The first kappa shape index (κ1) is 26.4. The number of nitrogens with one attached hydrogen (secondary N) is 1. The number of sulfonamides is 1. The molecule has 1 aromatic carbocycles. The number of thiophene rings is 1. The molecule has 3 heterocycles. The lowest BCUT2D eigenvalue weighted by Gasteiger charge is -2.43. The monoisotopic (exact) mass is 533 g/mol. The summed E-state index contributed by atoms with van der Waals surface area (Å²) >= 11 is 1.17. The molecule has 0 aliphatic carbocycles. The lowest BCUT2D eigenvalue weighted by atomic mass is 9.88. The normalized spacial score (nSPS) is 23.0. The van der Waals surface area contributed by atoms with Crippen LogP contribution in [0.25, 0.3) is 0 Å². The number of alkyl halides is 3. The van der Waals surface area contributed by atoms with Crippen molar-refractivity contribution in [2.45, 2.75) is 35.9 Å². The lowest BCUT2D eigenvalue weighted by molar-refractivity contribution is -0.258. The van der Waals surface area contributed by atoms with Crippen molar-refractivity contribution in [2.24, 2.45) is 5.41 Å². The van der Waals surface area contributed by atoms with E-state index in [1.54, 1.807) is 29.6 Å². The zero-order chi connectivity index (χ0) is 25.5. The standard InChI is InChI=1S/C23H30F3N3O4S2/c1-21(15-33-16-21)14-27-12-19-13-28(35(31,32)20-4-3-11-34-20)9-10-29(19)18-7-5-17(6-8-18)22(2,30)23(24,25)26/h3-8,11,19,27,30H,9-10,12-16H2,1-2H3/t19-,22+/m0/s1. The van der Waals surface area contributed by atoms with Crippen molar-refractivity contribution < 1.29 is 31.4 Å². The molecule has 2 saturated heterocycles. The van der Waals surface area contributed by atoms with Crippen molar-refractivity contribution in [1.82, 2.24) is 9.62 Å². The number of aliphatic hydroxyl groups is 1. The Kier molecular flexibility index (Phi) is 7.26. The number of hydrogen-bond donors (Lipinski definition) is 2. The third kappa shape index (κ3) is 5.37. The topological polar surface area (TPSA) is 82.1 Å². The Morgan fingerprint density at radius 2 is 1.89 bits per heavy atom. The number of ether oxygens (including phenoxy) is 1. The first-order valence-electron chi connectivity index (χ1n) is 11.3. The van der Waals surface area contributed by atoms with Gasteiger partial charge in [0.05, 0.1) is 19.3 Å². The maximum absolute atomic E-state index is 13.2. The maximum atomic E-state index is 13.2. The zero-order valence-electron chi connectivity index (χ0n) is 19.6. The van der Waals surface area contributed by atoms with Crippen LogP contribution in [-0.2, 0) is 20.4 Å². The summed E-state index contributed by atoms with van der Waals surface area (Å²) in [6.07, 6.45) is -4.80. The van der Waals surface area contributed by atoms with E-state index >= 15 is 0 Å². The molecule has 2 aliphatic heterocycles. The molecule has 0 radical (unpaired) electrons. The van der Waals surface area contributed by atoms with E-state index in [0.717, 1.165) is 6.92 Å². The number of hydrogen-bond acceptors (Lipinski definition) is 7. The summed E-state index contributed by atoms with van der Waals surface area (Å²) in [7, 11) is -3.63. The van der Waals surface area contributed by atoms with Gasteiger partial charge in [0.2, 0.25) is 0 Å². The van der Waals surface area contributed by atoms with Gasteiger partial charge in [-0.3, -0.25) is 0 Å². The Bertz CT molecular complexity index is 1100. The Labute approximate surface area is 207 Å². The summed E-state index contributed by atoms with van der Waals surface area (Å²) < 4.78 is 73.0. The van der Waals surface area contributed by atoms with Gasteiger partial charge in [-0.25, -0.2) is 8.42 Å². The van der Waals surface area contributed by atoms with Crippen molar-refractivity contribution in [3.63, 3.8) is 0 Å². The number of benzene rings is 1. The highest BCUT2D eigenvalue weighted by Gasteiger charge is 2.51. The second kappa shape index (κ2) is 9.64. The molecule has 0 amide bonds.